The average Bonchev–Trinajstić information content (AvgIpc) is 3.12. The summed E-state index contributed by atoms with van der Waals surface area (Å²) >= 11 is 1.52. The second kappa shape index (κ2) is 20.6. The van der Waals surface area contributed by atoms with Gasteiger partial charge < -0.3 is 33.9 Å². The first-order valence-corrected chi connectivity index (χ1v) is 14.3. The van der Waals surface area contributed by atoms with Gasteiger partial charge >= 0.3 is 0 Å². The molecule has 1 heterocycles. The Morgan fingerprint density at radius 1 is 1.00 bits per heavy atom. The Labute approximate surface area is 232 Å². The van der Waals surface area contributed by atoms with Gasteiger partial charge in [-0.2, -0.15) is 0 Å². The summed E-state index contributed by atoms with van der Waals surface area (Å²) in [7, 11) is 3.68. The third-order valence-electron chi connectivity index (χ3n) is 5.59. The molecule has 38 heavy (non-hydrogen) atoms. The Morgan fingerprint density at radius 3 is 2.16 bits per heavy atom. The maximum Gasteiger partial charge on any atom is 0.242 e. The van der Waals surface area contributed by atoms with E-state index in [4.69, 9.17) is 23.7 Å². The predicted molar refractivity (Wildman–Crippen MR) is 147 cm³/mol. The van der Waals surface area contributed by atoms with Crippen LogP contribution in [-0.4, -0.2) is 137 Å². The Bertz CT molecular complexity index is 683. The van der Waals surface area contributed by atoms with Gasteiger partial charge in [-0.1, -0.05) is 6.92 Å². The molecule has 3 amide bonds. The Morgan fingerprint density at radius 2 is 1.58 bits per heavy atom. The van der Waals surface area contributed by atoms with Gasteiger partial charge in [0.15, 0.2) is 0 Å². The minimum Gasteiger partial charge on any atom is -0.383 e. The number of ether oxygens (including phenoxy) is 5. The van der Waals surface area contributed by atoms with Crippen molar-refractivity contribution in [3.05, 3.63) is 0 Å². The quantitative estimate of drug-likeness (QED) is 0.136. The molecule has 0 aliphatic carbocycles. The van der Waals surface area contributed by atoms with Crippen molar-refractivity contribution in [2.75, 3.05) is 99.8 Å². The van der Waals surface area contributed by atoms with Crippen LogP contribution in [0, 0.1) is 0 Å². The number of nitrogens with one attached hydrogen (secondary N) is 1. The van der Waals surface area contributed by atoms with Crippen molar-refractivity contribution in [1.29, 1.82) is 0 Å². The van der Waals surface area contributed by atoms with Gasteiger partial charge in [0.05, 0.1) is 58.1 Å². The topological polar surface area (TPSA) is 116 Å². The average molecular weight is 564 g/mol. The van der Waals surface area contributed by atoms with E-state index in [1.165, 1.54) is 16.7 Å². The standard InChI is InChI=1S/C26H49N3O8S/c1-6-11-34-14-16-36-18-19-37-17-15-35-12-8-27-23(30)7-9-29-24(31)20-22(25(29)32)38-26(2,3)21-28(4)10-13-33-5/h22H,6-21H2,1-5H3,(H,27,30). The summed E-state index contributed by atoms with van der Waals surface area (Å²) in [5.41, 5.74) is 0. The van der Waals surface area contributed by atoms with Crippen molar-refractivity contribution >= 4 is 29.5 Å². The number of likely N-dealkylation sites (tertiary alicyclic amines) is 1. The van der Waals surface area contributed by atoms with Gasteiger partial charge in [-0.3, -0.25) is 19.3 Å². The van der Waals surface area contributed by atoms with Crippen LogP contribution in [0.3, 0.4) is 0 Å². The molecule has 1 rings (SSSR count). The monoisotopic (exact) mass is 563 g/mol. The number of methoxy groups -OCH3 is 1. The van der Waals surface area contributed by atoms with Crippen LogP contribution in [0.4, 0.5) is 0 Å². The van der Waals surface area contributed by atoms with Gasteiger partial charge in [0.2, 0.25) is 17.7 Å². The highest BCUT2D eigenvalue weighted by atomic mass is 32.2. The van der Waals surface area contributed by atoms with Crippen LogP contribution in [0.1, 0.15) is 40.0 Å². The van der Waals surface area contributed by atoms with Crippen molar-refractivity contribution in [3.8, 4) is 0 Å². The molecule has 11 nitrogen and oxygen atoms in total. The molecule has 1 unspecified atom stereocenters. The largest absolute Gasteiger partial charge is 0.383 e. The highest BCUT2D eigenvalue weighted by Gasteiger charge is 2.41. The van der Waals surface area contributed by atoms with E-state index < -0.39 is 5.25 Å². The lowest BCUT2D eigenvalue weighted by Crippen LogP contribution is -2.39. The third kappa shape index (κ3) is 16.0. The molecule has 1 saturated heterocycles. The van der Waals surface area contributed by atoms with Gasteiger partial charge in [0.25, 0.3) is 0 Å². The fraction of sp³-hybridized carbons (Fsp3) is 0.885. The fourth-order valence-corrected chi connectivity index (χ4v) is 5.37. The van der Waals surface area contributed by atoms with E-state index in [0.29, 0.717) is 59.4 Å². The Kier molecular flexibility index (Phi) is 18.8. The molecule has 0 saturated carbocycles. The number of hydrogen-bond acceptors (Lipinski definition) is 10. The maximum atomic E-state index is 12.8. The van der Waals surface area contributed by atoms with Crippen molar-refractivity contribution < 1.29 is 38.1 Å². The van der Waals surface area contributed by atoms with Crippen LogP contribution in [-0.2, 0) is 38.1 Å². The lowest BCUT2D eigenvalue weighted by molar-refractivity contribution is -0.138. The molecule has 0 aromatic carbocycles. The number of amides is 3. The van der Waals surface area contributed by atoms with E-state index in [1.807, 2.05) is 7.05 Å². The van der Waals surface area contributed by atoms with Crippen LogP contribution in [0.25, 0.3) is 0 Å². The first-order chi connectivity index (χ1) is 18.2. The lowest BCUT2D eigenvalue weighted by atomic mass is 10.2. The van der Waals surface area contributed by atoms with Gasteiger partial charge in [-0.05, 0) is 27.3 Å². The molecule has 1 aliphatic rings. The van der Waals surface area contributed by atoms with Crippen LogP contribution in [0.15, 0.2) is 0 Å². The molecule has 0 aromatic heterocycles. The molecular weight excluding hydrogens is 514 g/mol. The van der Waals surface area contributed by atoms with E-state index in [9.17, 15) is 14.4 Å². The van der Waals surface area contributed by atoms with Crippen molar-refractivity contribution in [3.63, 3.8) is 0 Å². The van der Waals surface area contributed by atoms with Gasteiger partial charge in [0, 0.05) is 57.5 Å². The highest BCUT2D eigenvalue weighted by molar-refractivity contribution is 8.02. The van der Waals surface area contributed by atoms with Gasteiger partial charge in [0.1, 0.15) is 0 Å². The van der Waals surface area contributed by atoms with Crippen LogP contribution in [0.2, 0.25) is 0 Å². The van der Waals surface area contributed by atoms with E-state index in [1.54, 1.807) is 7.11 Å². The zero-order valence-electron chi connectivity index (χ0n) is 24.0. The molecule has 0 spiro atoms. The van der Waals surface area contributed by atoms with E-state index >= 15 is 0 Å². The number of imide groups is 1. The zero-order valence-corrected chi connectivity index (χ0v) is 24.8. The van der Waals surface area contributed by atoms with Crippen molar-refractivity contribution in [2.24, 2.45) is 0 Å². The molecule has 12 heteroatoms. The first kappa shape index (κ1) is 34.7. The zero-order chi connectivity index (χ0) is 28.2. The summed E-state index contributed by atoms with van der Waals surface area (Å²) in [6.45, 7) is 13.0. The molecule has 222 valence electrons. The Hall–Kier alpha value is -1.28. The van der Waals surface area contributed by atoms with Crippen LogP contribution >= 0.6 is 11.8 Å². The van der Waals surface area contributed by atoms with Crippen molar-refractivity contribution in [2.45, 2.75) is 50.0 Å². The molecule has 0 bridgehead atoms. The summed E-state index contributed by atoms with van der Waals surface area (Å²) in [6, 6.07) is 0. The SMILES string of the molecule is CCCOCCOCCOCCOCCNC(=O)CCN1C(=O)CC(SC(C)(C)CN(C)CCOC)C1=O. The number of carbonyl (C=O) groups is 3. The molecule has 1 atom stereocenters. The second-order valence-corrected chi connectivity index (χ2v) is 11.6. The number of likely N-dealkylation sites (N-methyl/N-ethyl adjacent to an activating group) is 1. The number of nitrogens with zero attached hydrogens (tertiary/aromatic N) is 2. The summed E-state index contributed by atoms with van der Waals surface area (Å²) in [4.78, 5) is 40.8. The Balaban J connectivity index is 2.12. The summed E-state index contributed by atoms with van der Waals surface area (Å²) in [5.74, 6) is -0.650. The lowest BCUT2D eigenvalue weighted by Gasteiger charge is -2.31. The van der Waals surface area contributed by atoms with Crippen LogP contribution in [0.5, 0.6) is 0 Å². The summed E-state index contributed by atoms with van der Waals surface area (Å²) in [6.07, 6.45) is 1.25. The number of rotatable bonds is 24. The van der Waals surface area contributed by atoms with E-state index in [0.717, 1.165) is 26.1 Å². The summed E-state index contributed by atoms with van der Waals surface area (Å²) in [5, 5.41) is 2.34. The third-order valence-corrected chi connectivity index (χ3v) is 7.01. The maximum absolute atomic E-state index is 12.8. The highest BCUT2D eigenvalue weighted by Crippen LogP contribution is 2.35. The minimum absolute atomic E-state index is 0.0740. The molecule has 0 aromatic rings. The molecule has 0 radical (unpaired) electrons. The predicted octanol–water partition coefficient (Wildman–Crippen LogP) is 1.19. The number of thioether (sulfide) groups is 1. The minimum atomic E-state index is -0.418. The van der Waals surface area contributed by atoms with Gasteiger partial charge in [-0.25, -0.2) is 0 Å². The molecule has 1 N–H and O–H groups in total. The van der Waals surface area contributed by atoms with Gasteiger partial charge in [-0.15, -0.1) is 11.8 Å². The van der Waals surface area contributed by atoms with E-state index in [2.05, 4.69) is 31.0 Å². The normalized spacial score (nSPS) is 16.2. The van der Waals surface area contributed by atoms with Crippen LogP contribution < -0.4 is 5.32 Å². The van der Waals surface area contributed by atoms with E-state index in [-0.39, 0.29) is 41.9 Å². The fourth-order valence-electron chi connectivity index (χ4n) is 3.85. The molecular formula is C26H49N3O8S. The molecule has 1 fully saturated rings. The summed E-state index contributed by atoms with van der Waals surface area (Å²) < 4.78 is 26.5. The van der Waals surface area contributed by atoms with Crippen molar-refractivity contribution in [1.82, 2.24) is 15.1 Å². The smallest absolute Gasteiger partial charge is 0.242 e. The number of hydrogen-bond donors (Lipinski definition) is 1. The first-order valence-electron chi connectivity index (χ1n) is 13.5. The molecule has 1 aliphatic heterocycles. The second-order valence-electron chi connectivity index (χ2n) is 9.73. The number of carbonyl (C=O) groups excluding carboxylic acids is 3.